The van der Waals surface area contributed by atoms with Crippen LogP contribution in [0.3, 0.4) is 0 Å². The average molecular weight is 640 g/mol. The van der Waals surface area contributed by atoms with Crippen LogP contribution in [0.2, 0.25) is 0 Å². The van der Waals surface area contributed by atoms with Crippen LogP contribution in [0.25, 0.3) is 56.2 Å². The molecule has 0 atom stereocenters. The number of ether oxygens (including phenoxy) is 1. The van der Waals surface area contributed by atoms with E-state index in [9.17, 15) is 0 Å². The molecule has 0 saturated carbocycles. The van der Waals surface area contributed by atoms with Gasteiger partial charge in [0.15, 0.2) is 5.82 Å². The van der Waals surface area contributed by atoms with Crippen molar-refractivity contribution in [2.24, 2.45) is 0 Å². The van der Waals surface area contributed by atoms with Gasteiger partial charge in [-0.15, -0.1) is 0 Å². The van der Waals surface area contributed by atoms with Crippen LogP contribution in [0.5, 0.6) is 11.5 Å². The summed E-state index contributed by atoms with van der Waals surface area (Å²) in [6, 6.07) is 57.5. The van der Waals surface area contributed by atoms with E-state index in [0.29, 0.717) is 5.82 Å². The highest BCUT2D eigenvalue weighted by Crippen LogP contribution is 2.62. The fourth-order valence-corrected chi connectivity index (χ4v) is 7.86. The SMILES string of the molecule is c1ccc(-c2cc(-c3ccc4c(c3)-c3cc(-c5ccncc5)ccc3C43c4ccccc4Oc4ccccc43)nc(-c3ccccc3)n2)cc1. The lowest BCUT2D eigenvalue weighted by Gasteiger charge is -2.39. The molecule has 8 aromatic rings. The summed E-state index contributed by atoms with van der Waals surface area (Å²) in [5, 5.41) is 0. The van der Waals surface area contributed by atoms with Gasteiger partial charge in [-0.25, -0.2) is 9.97 Å². The summed E-state index contributed by atoms with van der Waals surface area (Å²) in [6.45, 7) is 0. The Morgan fingerprint density at radius 1 is 0.380 bits per heavy atom. The second-order valence-electron chi connectivity index (χ2n) is 12.8. The van der Waals surface area contributed by atoms with Crippen LogP contribution in [0.4, 0.5) is 0 Å². The largest absolute Gasteiger partial charge is 0.457 e. The normalized spacial score (nSPS) is 13.1. The maximum atomic E-state index is 6.57. The minimum atomic E-state index is -0.554. The monoisotopic (exact) mass is 639 g/mol. The number of nitrogens with zero attached hydrogens (tertiary/aromatic N) is 3. The first-order valence-corrected chi connectivity index (χ1v) is 16.8. The third-order valence-electron chi connectivity index (χ3n) is 10.1. The standard InChI is InChI=1S/C46H29N3O/c1-3-11-31(12-4-1)41-29-42(49-45(48-41)32-13-5-2-6-14-32)34-20-22-38-36(28-34)35-27-33(30-23-25-47-26-24-30)19-21-37(35)46(38)39-15-7-9-17-43(39)50-44-18-10-8-16-40(44)46/h1-29H. The van der Waals surface area contributed by atoms with Crippen molar-refractivity contribution >= 4 is 0 Å². The molecule has 0 radical (unpaired) electrons. The van der Waals surface area contributed by atoms with Gasteiger partial charge in [0.25, 0.3) is 0 Å². The first-order valence-electron chi connectivity index (χ1n) is 16.8. The van der Waals surface area contributed by atoms with E-state index >= 15 is 0 Å². The minimum Gasteiger partial charge on any atom is -0.457 e. The third-order valence-corrected chi connectivity index (χ3v) is 10.1. The minimum absolute atomic E-state index is 0.554. The molecule has 6 aromatic carbocycles. The Bertz CT molecular complexity index is 2460. The van der Waals surface area contributed by atoms with Crippen molar-refractivity contribution in [3.05, 3.63) is 198 Å². The van der Waals surface area contributed by atoms with Crippen LogP contribution in [0, 0.1) is 0 Å². The molecule has 4 heteroatoms. The molecule has 234 valence electrons. The Hall–Kier alpha value is -6.65. The molecule has 50 heavy (non-hydrogen) atoms. The summed E-state index contributed by atoms with van der Waals surface area (Å²) in [5.74, 6) is 2.46. The van der Waals surface area contributed by atoms with Gasteiger partial charge < -0.3 is 4.74 Å². The van der Waals surface area contributed by atoms with Crippen LogP contribution >= 0.6 is 0 Å². The molecular weight excluding hydrogens is 611 g/mol. The van der Waals surface area contributed by atoms with E-state index in [-0.39, 0.29) is 0 Å². The van der Waals surface area contributed by atoms with Crippen molar-refractivity contribution in [3.8, 4) is 67.7 Å². The first-order chi connectivity index (χ1) is 24.8. The first kappa shape index (κ1) is 28.4. The Morgan fingerprint density at radius 3 is 1.54 bits per heavy atom. The number of para-hydroxylation sites is 2. The van der Waals surface area contributed by atoms with E-state index in [1.165, 1.54) is 22.3 Å². The molecule has 4 nitrogen and oxygen atoms in total. The molecule has 1 spiro atoms. The Labute approximate surface area is 290 Å². The van der Waals surface area contributed by atoms with Crippen molar-refractivity contribution in [1.29, 1.82) is 0 Å². The van der Waals surface area contributed by atoms with E-state index < -0.39 is 5.41 Å². The summed E-state index contributed by atoms with van der Waals surface area (Å²) >= 11 is 0. The van der Waals surface area contributed by atoms with Gasteiger partial charge in [0.2, 0.25) is 0 Å². The van der Waals surface area contributed by atoms with Crippen LogP contribution in [-0.2, 0) is 5.41 Å². The van der Waals surface area contributed by atoms with Crippen molar-refractivity contribution in [2.45, 2.75) is 5.41 Å². The molecular formula is C46H29N3O. The van der Waals surface area contributed by atoms with E-state index in [0.717, 1.165) is 61.8 Å². The molecule has 0 saturated heterocycles. The molecule has 0 N–H and O–H groups in total. The number of aromatic nitrogens is 3. The number of hydrogen-bond acceptors (Lipinski definition) is 4. The van der Waals surface area contributed by atoms with E-state index in [2.05, 4.69) is 145 Å². The van der Waals surface area contributed by atoms with Crippen molar-refractivity contribution in [1.82, 2.24) is 15.0 Å². The van der Waals surface area contributed by atoms with Crippen molar-refractivity contribution < 1.29 is 4.74 Å². The maximum absolute atomic E-state index is 6.57. The molecule has 0 amide bonds. The van der Waals surface area contributed by atoms with Gasteiger partial charge >= 0.3 is 0 Å². The third kappa shape index (κ3) is 4.28. The van der Waals surface area contributed by atoms with E-state index in [1.54, 1.807) is 0 Å². The highest BCUT2D eigenvalue weighted by atomic mass is 16.5. The number of hydrogen-bond donors (Lipinski definition) is 0. The topological polar surface area (TPSA) is 47.9 Å². The van der Waals surface area contributed by atoms with Gasteiger partial charge in [-0.3, -0.25) is 4.98 Å². The molecule has 2 aromatic heterocycles. The highest BCUT2D eigenvalue weighted by molar-refractivity contribution is 5.92. The van der Waals surface area contributed by atoms with Gasteiger partial charge in [0.1, 0.15) is 11.5 Å². The average Bonchev–Trinajstić information content (AvgIpc) is 3.48. The summed E-state index contributed by atoms with van der Waals surface area (Å²) in [7, 11) is 0. The van der Waals surface area contributed by atoms with Crippen LogP contribution in [0.1, 0.15) is 22.3 Å². The summed E-state index contributed by atoms with van der Waals surface area (Å²) in [5.41, 5.74) is 13.7. The number of pyridine rings is 1. The molecule has 10 rings (SSSR count). The van der Waals surface area contributed by atoms with E-state index in [1.807, 2.05) is 36.7 Å². The maximum Gasteiger partial charge on any atom is 0.160 e. The summed E-state index contributed by atoms with van der Waals surface area (Å²) in [4.78, 5) is 14.5. The van der Waals surface area contributed by atoms with Gasteiger partial charge in [0, 0.05) is 40.2 Å². The Morgan fingerprint density at radius 2 is 0.900 bits per heavy atom. The molecule has 0 unspecified atom stereocenters. The highest BCUT2D eigenvalue weighted by Gasteiger charge is 2.51. The molecule has 2 aliphatic rings. The van der Waals surface area contributed by atoms with Gasteiger partial charge in [-0.1, -0.05) is 121 Å². The van der Waals surface area contributed by atoms with Gasteiger partial charge in [-0.2, -0.15) is 0 Å². The van der Waals surface area contributed by atoms with Gasteiger partial charge in [0.05, 0.1) is 16.8 Å². The molecule has 0 fully saturated rings. The van der Waals surface area contributed by atoms with Gasteiger partial charge in [-0.05, 0) is 75.8 Å². The number of rotatable bonds is 4. The second-order valence-corrected chi connectivity index (χ2v) is 12.8. The number of fused-ring (bicyclic) bond motifs is 9. The zero-order valence-electron chi connectivity index (χ0n) is 27.0. The van der Waals surface area contributed by atoms with E-state index in [4.69, 9.17) is 14.7 Å². The summed E-state index contributed by atoms with van der Waals surface area (Å²) in [6.07, 6.45) is 3.70. The zero-order chi connectivity index (χ0) is 33.1. The predicted octanol–water partition coefficient (Wildman–Crippen LogP) is 11.0. The Balaban J connectivity index is 1.25. The van der Waals surface area contributed by atoms with Crippen LogP contribution in [-0.4, -0.2) is 15.0 Å². The molecule has 3 heterocycles. The zero-order valence-corrected chi connectivity index (χ0v) is 27.0. The molecule has 0 bridgehead atoms. The quantitative estimate of drug-likeness (QED) is 0.192. The van der Waals surface area contributed by atoms with Crippen molar-refractivity contribution in [2.75, 3.05) is 0 Å². The molecule has 1 aliphatic carbocycles. The second kappa shape index (κ2) is 11.2. The smallest absolute Gasteiger partial charge is 0.160 e. The Kier molecular flexibility index (Phi) is 6.36. The number of benzene rings is 6. The van der Waals surface area contributed by atoms with Crippen molar-refractivity contribution in [3.63, 3.8) is 0 Å². The fourth-order valence-electron chi connectivity index (χ4n) is 7.86. The summed E-state index contributed by atoms with van der Waals surface area (Å²) < 4.78 is 6.57. The lowest BCUT2D eigenvalue weighted by atomic mass is 9.66. The molecule has 1 aliphatic heterocycles. The lowest BCUT2D eigenvalue weighted by Crippen LogP contribution is -2.32. The fraction of sp³-hybridized carbons (Fsp3) is 0.0217. The van der Waals surface area contributed by atoms with Crippen LogP contribution < -0.4 is 4.74 Å². The predicted molar refractivity (Wildman–Crippen MR) is 199 cm³/mol. The lowest BCUT2D eigenvalue weighted by molar-refractivity contribution is 0.436. The van der Waals surface area contributed by atoms with Crippen LogP contribution in [0.15, 0.2) is 176 Å².